The van der Waals surface area contributed by atoms with Gasteiger partial charge in [-0.25, -0.2) is 4.79 Å². The zero-order chi connectivity index (χ0) is 24.1. The second-order valence-electron chi connectivity index (χ2n) is 7.73. The fraction of sp³-hybridized carbons (Fsp3) is 0.389. The third kappa shape index (κ3) is 4.01. The molecule has 4 heterocycles. The highest BCUT2D eigenvalue weighted by molar-refractivity contribution is 7.80. The standard InChI is InChI=1S/C18H21N7O7S/c1-22(2)17(27)15-14-12(11-9-24(15)18(28)25(11)32-33(29,30)31)13(21-23(14)3)16(26)20-8-10-5-4-6-19-7-10/h4-7,11,15H,8-9H2,1-3H3,(H,20,26)(H,29,30,31). The first-order valence-electron chi connectivity index (χ1n) is 9.71. The van der Waals surface area contributed by atoms with Crippen LogP contribution in [0.2, 0.25) is 0 Å². The van der Waals surface area contributed by atoms with Gasteiger partial charge in [0.15, 0.2) is 11.7 Å². The molecule has 0 aliphatic carbocycles. The molecule has 2 aliphatic rings. The molecule has 2 aliphatic heterocycles. The summed E-state index contributed by atoms with van der Waals surface area (Å²) in [6, 6.07) is 0.253. The van der Waals surface area contributed by atoms with E-state index in [1.807, 2.05) is 0 Å². The number of pyridine rings is 1. The molecule has 2 aromatic rings. The van der Waals surface area contributed by atoms with Gasteiger partial charge in [-0.2, -0.15) is 18.6 Å². The first-order chi connectivity index (χ1) is 15.5. The van der Waals surface area contributed by atoms with E-state index >= 15 is 0 Å². The van der Waals surface area contributed by atoms with Crippen molar-refractivity contribution in [3.05, 3.63) is 47.0 Å². The van der Waals surface area contributed by atoms with Crippen LogP contribution < -0.4 is 5.32 Å². The number of nitrogens with zero attached hydrogens (tertiary/aromatic N) is 6. The van der Waals surface area contributed by atoms with E-state index in [9.17, 15) is 27.4 Å². The van der Waals surface area contributed by atoms with E-state index in [4.69, 9.17) is 0 Å². The molecule has 14 nitrogen and oxygen atoms in total. The Morgan fingerprint density at radius 1 is 1.36 bits per heavy atom. The Morgan fingerprint density at radius 3 is 2.70 bits per heavy atom. The number of urea groups is 1. The van der Waals surface area contributed by atoms with Crippen LogP contribution in [0.15, 0.2) is 24.5 Å². The molecule has 2 N–H and O–H groups in total. The molecular weight excluding hydrogens is 458 g/mol. The van der Waals surface area contributed by atoms with Gasteiger partial charge in [0.05, 0.1) is 12.2 Å². The number of hydrogen-bond donors (Lipinski definition) is 2. The maximum atomic E-state index is 13.0. The van der Waals surface area contributed by atoms with Crippen LogP contribution in [0, 0.1) is 0 Å². The van der Waals surface area contributed by atoms with E-state index in [0.717, 1.165) is 10.5 Å². The van der Waals surface area contributed by atoms with Crippen LogP contribution in [0.3, 0.4) is 0 Å². The van der Waals surface area contributed by atoms with Crippen LogP contribution in [0.25, 0.3) is 0 Å². The average molecular weight is 479 g/mol. The molecule has 0 saturated carbocycles. The van der Waals surface area contributed by atoms with E-state index in [-0.39, 0.29) is 30.0 Å². The molecule has 2 atom stereocenters. The minimum Gasteiger partial charge on any atom is -0.347 e. The predicted octanol–water partition coefficient (Wildman–Crippen LogP) is -0.599. The van der Waals surface area contributed by atoms with Crippen LogP contribution in [0.5, 0.6) is 0 Å². The predicted molar refractivity (Wildman–Crippen MR) is 109 cm³/mol. The Bertz CT molecular complexity index is 1230. The number of nitrogens with one attached hydrogen (secondary N) is 1. The second kappa shape index (κ2) is 8.09. The van der Waals surface area contributed by atoms with Crippen molar-refractivity contribution in [3.8, 4) is 0 Å². The molecule has 2 unspecified atom stereocenters. The van der Waals surface area contributed by atoms with Crippen LogP contribution >= 0.6 is 0 Å². The van der Waals surface area contributed by atoms with Gasteiger partial charge in [0.2, 0.25) is 0 Å². The number of hydrogen-bond acceptors (Lipinski definition) is 8. The summed E-state index contributed by atoms with van der Waals surface area (Å²) in [5.41, 5.74) is 1.03. The average Bonchev–Trinajstić information content (AvgIpc) is 3.23. The van der Waals surface area contributed by atoms with Gasteiger partial charge in [0, 0.05) is 45.6 Å². The number of rotatable bonds is 6. The van der Waals surface area contributed by atoms with Gasteiger partial charge in [-0.1, -0.05) is 6.07 Å². The van der Waals surface area contributed by atoms with Crippen molar-refractivity contribution in [1.29, 1.82) is 0 Å². The Balaban J connectivity index is 1.77. The molecule has 1 fully saturated rings. The summed E-state index contributed by atoms with van der Waals surface area (Å²) in [5, 5.41) is 7.40. The molecular formula is C18H21N7O7S. The van der Waals surface area contributed by atoms with Gasteiger partial charge >= 0.3 is 16.4 Å². The van der Waals surface area contributed by atoms with Crippen molar-refractivity contribution >= 4 is 28.2 Å². The number of fused-ring (bicyclic) bond motifs is 4. The van der Waals surface area contributed by atoms with E-state index in [1.54, 1.807) is 24.5 Å². The lowest BCUT2D eigenvalue weighted by molar-refractivity contribution is -0.134. The van der Waals surface area contributed by atoms with E-state index in [1.165, 1.54) is 30.7 Å². The normalized spacial score (nSPS) is 19.5. The summed E-state index contributed by atoms with van der Waals surface area (Å²) >= 11 is 0. The number of carbonyl (C=O) groups excluding carboxylic acids is 3. The molecule has 33 heavy (non-hydrogen) atoms. The molecule has 0 spiro atoms. The quantitative estimate of drug-likeness (QED) is 0.514. The Kier molecular flexibility index (Phi) is 5.55. The van der Waals surface area contributed by atoms with Crippen molar-refractivity contribution in [2.24, 2.45) is 7.05 Å². The van der Waals surface area contributed by atoms with Crippen molar-refractivity contribution < 1.29 is 31.6 Å². The fourth-order valence-corrected chi connectivity index (χ4v) is 4.36. The molecule has 1 saturated heterocycles. The van der Waals surface area contributed by atoms with Crippen molar-refractivity contribution in [2.45, 2.75) is 18.6 Å². The molecule has 4 amide bonds. The molecule has 2 aromatic heterocycles. The van der Waals surface area contributed by atoms with Crippen molar-refractivity contribution in [3.63, 3.8) is 0 Å². The summed E-state index contributed by atoms with van der Waals surface area (Å²) in [6.07, 6.45) is 3.17. The van der Waals surface area contributed by atoms with Crippen molar-refractivity contribution in [2.75, 3.05) is 20.6 Å². The summed E-state index contributed by atoms with van der Waals surface area (Å²) in [5.74, 6) is -1.09. The lowest BCUT2D eigenvalue weighted by Gasteiger charge is -2.32. The van der Waals surface area contributed by atoms with Gasteiger partial charge in [0.1, 0.15) is 6.04 Å². The van der Waals surface area contributed by atoms with Gasteiger partial charge in [-0.05, 0) is 11.6 Å². The summed E-state index contributed by atoms with van der Waals surface area (Å²) < 4.78 is 37.8. The topological polar surface area (TPSA) is 167 Å². The van der Waals surface area contributed by atoms with E-state index in [2.05, 4.69) is 19.7 Å². The molecule has 2 bridgehead atoms. The largest absolute Gasteiger partial charge is 0.418 e. The first kappa shape index (κ1) is 22.6. The number of amides is 4. The van der Waals surface area contributed by atoms with Crippen LogP contribution in [-0.2, 0) is 33.1 Å². The third-order valence-corrected chi connectivity index (χ3v) is 5.71. The fourth-order valence-electron chi connectivity index (χ4n) is 3.99. The molecule has 176 valence electrons. The molecule has 0 radical (unpaired) electrons. The highest BCUT2D eigenvalue weighted by atomic mass is 32.3. The van der Waals surface area contributed by atoms with E-state index < -0.39 is 40.3 Å². The Labute approximate surface area is 188 Å². The van der Waals surface area contributed by atoms with Gasteiger partial charge in [0.25, 0.3) is 11.8 Å². The highest BCUT2D eigenvalue weighted by Gasteiger charge is 2.55. The minimum atomic E-state index is -5.06. The Morgan fingerprint density at radius 2 is 2.09 bits per heavy atom. The summed E-state index contributed by atoms with van der Waals surface area (Å²) in [4.78, 5) is 45.3. The number of carbonyl (C=O) groups is 3. The second-order valence-corrected chi connectivity index (χ2v) is 8.73. The summed E-state index contributed by atoms with van der Waals surface area (Å²) in [6.45, 7) is -0.0147. The number of aryl methyl sites for hydroxylation is 1. The number of aromatic nitrogens is 3. The number of hydroxylamine groups is 2. The van der Waals surface area contributed by atoms with Crippen LogP contribution in [0.1, 0.15) is 39.4 Å². The molecule has 15 heteroatoms. The monoisotopic (exact) mass is 479 g/mol. The minimum absolute atomic E-state index is 0.101. The van der Waals surface area contributed by atoms with E-state index in [0.29, 0.717) is 5.06 Å². The third-order valence-electron chi connectivity index (χ3n) is 5.36. The maximum Gasteiger partial charge on any atom is 0.418 e. The zero-order valence-electron chi connectivity index (χ0n) is 17.9. The molecule has 4 rings (SSSR count). The summed E-state index contributed by atoms with van der Waals surface area (Å²) in [7, 11) is -0.551. The maximum absolute atomic E-state index is 13.0. The Hall–Kier alpha value is -3.56. The van der Waals surface area contributed by atoms with Crippen LogP contribution in [0.4, 0.5) is 4.79 Å². The smallest absolute Gasteiger partial charge is 0.347 e. The molecule has 0 aromatic carbocycles. The van der Waals surface area contributed by atoms with Gasteiger partial charge in [-0.3, -0.25) is 23.8 Å². The lowest BCUT2D eigenvalue weighted by Crippen LogP contribution is -2.44. The number of likely N-dealkylation sites (N-methyl/N-ethyl adjacent to an activating group) is 1. The zero-order valence-corrected chi connectivity index (χ0v) is 18.7. The SMILES string of the molecule is CN(C)C(=O)C1c2c(c(C(=O)NCc3cccnc3)nn2C)C2CN1C(=O)N2OS(=O)(=O)O. The highest BCUT2D eigenvalue weighted by Crippen LogP contribution is 2.46. The van der Waals surface area contributed by atoms with Crippen LogP contribution in [-0.4, -0.2) is 81.1 Å². The van der Waals surface area contributed by atoms with Gasteiger partial charge < -0.3 is 15.1 Å². The van der Waals surface area contributed by atoms with Gasteiger partial charge in [-0.15, -0.1) is 4.28 Å². The lowest BCUT2D eigenvalue weighted by atomic mass is 9.94. The first-order valence-corrected chi connectivity index (χ1v) is 11.1. The van der Waals surface area contributed by atoms with Crippen molar-refractivity contribution in [1.82, 2.24) is 34.9 Å².